The van der Waals surface area contributed by atoms with E-state index in [4.69, 9.17) is 0 Å². The molecule has 1 aliphatic heterocycles. The van der Waals surface area contributed by atoms with Crippen LogP contribution in [-0.2, 0) is 4.79 Å². The fourth-order valence-electron chi connectivity index (χ4n) is 4.49. The van der Waals surface area contributed by atoms with Crippen molar-refractivity contribution in [2.75, 3.05) is 0 Å². The average molecular weight is 545 g/mol. The summed E-state index contributed by atoms with van der Waals surface area (Å²) >= 11 is 3.53. The third-order valence-corrected chi connectivity index (χ3v) is 6.64. The maximum absolute atomic E-state index is 13.5. The van der Waals surface area contributed by atoms with Gasteiger partial charge in [0.25, 0.3) is 11.2 Å². The zero-order valence-electron chi connectivity index (χ0n) is 19.2. The van der Waals surface area contributed by atoms with Crippen LogP contribution in [-0.4, -0.2) is 20.8 Å². The molecule has 1 amide bonds. The molecule has 1 aromatic heterocycles. The lowest BCUT2D eigenvalue weighted by molar-refractivity contribution is -0.384. The maximum Gasteiger partial charge on any atom is 0.269 e. The van der Waals surface area contributed by atoms with Gasteiger partial charge in [0.2, 0.25) is 5.91 Å². The summed E-state index contributed by atoms with van der Waals surface area (Å²) < 4.78 is 0.857. The number of aromatic amines is 1. The van der Waals surface area contributed by atoms with Crippen molar-refractivity contribution in [3.8, 4) is 11.1 Å². The minimum absolute atomic E-state index is 0.0726. The van der Waals surface area contributed by atoms with E-state index in [-0.39, 0.29) is 23.6 Å². The highest BCUT2D eigenvalue weighted by atomic mass is 79.9. The van der Waals surface area contributed by atoms with Gasteiger partial charge in [0, 0.05) is 39.5 Å². The van der Waals surface area contributed by atoms with E-state index in [2.05, 4.69) is 26.3 Å². The second kappa shape index (κ2) is 9.43. The van der Waals surface area contributed by atoms with E-state index in [0.29, 0.717) is 22.3 Å². The second-order valence-corrected chi connectivity index (χ2v) is 9.28. The number of rotatable bonds is 5. The first kappa shape index (κ1) is 23.5. The Morgan fingerprint density at radius 1 is 1.06 bits per heavy atom. The van der Waals surface area contributed by atoms with Crippen LogP contribution >= 0.6 is 15.9 Å². The van der Waals surface area contributed by atoms with Crippen LogP contribution in [0.2, 0.25) is 0 Å². The molecule has 36 heavy (non-hydrogen) atoms. The third-order valence-electron chi connectivity index (χ3n) is 6.15. The first-order valence-corrected chi connectivity index (χ1v) is 12.1. The Morgan fingerprint density at radius 2 is 1.83 bits per heavy atom. The van der Waals surface area contributed by atoms with Crippen molar-refractivity contribution in [1.82, 2.24) is 15.4 Å². The number of aromatic nitrogens is 1. The van der Waals surface area contributed by atoms with Gasteiger partial charge >= 0.3 is 0 Å². The third kappa shape index (κ3) is 4.18. The number of nitrogens with one attached hydrogen (secondary N) is 2. The van der Waals surface area contributed by atoms with Gasteiger partial charge in [-0.1, -0.05) is 65.3 Å². The van der Waals surface area contributed by atoms with Crippen LogP contribution < -0.4 is 11.0 Å². The van der Waals surface area contributed by atoms with Crippen molar-refractivity contribution < 1.29 is 9.72 Å². The molecule has 9 heteroatoms. The van der Waals surface area contributed by atoms with Gasteiger partial charge in [0.1, 0.15) is 0 Å². The molecule has 0 bridgehead atoms. The number of hydrogen-bond donors (Lipinski definition) is 2. The van der Waals surface area contributed by atoms with E-state index >= 15 is 0 Å². The number of halogens is 1. The number of carbonyl (C=O) groups is 1. The lowest BCUT2D eigenvalue weighted by atomic mass is 9.94. The Morgan fingerprint density at radius 3 is 2.56 bits per heavy atom. The smallest absolute Gasteiger partial charge is 0.269 e. The average Bonchev–Trinajstić information content (AvgIpc) is 3.33. The highest BCUT2D eigenvalue weighted by molar-refractivity contribution is 9.10. The van der Waals surface area contributed by atoms with E-state index < -0.39 is 11.0 Å². The quantitative estimate of drug-likeness (QED) is 0.247. The number of carbonyl (C=O) groups excluding carboxylic acids is 1. The normalized spacial score (nSPS) is 15.0. The van der Waals surface area contributed by atoms with Crippen LogP contribution in [0.3, 0.4) is 0 Å². The topological polar surface area (TPSA) is 108 Å². The van der Waals surface area contributed by atoms with Crippen molar-refractivity contribution in [2.45, 2.75) is 19.4 Å². The zero-order chi connectivity index (χ0) is 25.4. The lowest BCUT2D eigenvalue weighted by Crippen LogP contribution is -2.39. The van der Waals surface area contributed by atoms with Gasteiger partial charge in [0.15, 0.2) is 0 Å². The second-order valence-electron chi connectivity index (χ2n) is 8.37. The fraction of sp³-hybridized carbons (Fsp3) is 0.111. The van der Waals surface area contributed by atoms with Crippen LogP contribution in [0, 0.1) is 10.1 Å². The Labute approximate surface area is 214 Å². The lowest BCUT2D eigenvalue weighted by Gasteiger charge is -2.25. The SMILES string of the molecule is CCC(=O)N1NC(c2c(-c3ccccc3)c3cc(Br)ccc3[nH]c2=O)=C[C@@H]1c1cccc([N+](=O)[O-])c1. The maximum atomic E-state index is 13.5. The molecule has 0 saturated carbocycles. The van der Waals surface area contributed by atoms with E-state index in [1.54, 1.807) is 25.1 Å². The number of nitro benzene ring substituents is 1. The van der Waals surface area contributed by atoms with Crippen LogP contribution in [0.5, 0.6) is 0 Å². The van der Waals surface area contributed by atoms with Crippen molar-refractivity contribution in [1.29, 1.82) is 0 Å². The predicted octanol–water partition coefficient (Wildman–Crippen LogP) is 5.70. The Bertz CT molecular complexity index is 1600. The molecular weight excluding hydrogens is 524 g/mol. The van der Waals surface area contributed by atoms with Crippen molar-refractivity contribution in [3.63, 3.8) is 0 Å². The molecule has 0 radical (unpaired) electrons. The van der Waals surface area contributed by atoms with Crippen LogP contribution in [0.1, 0.15) is 30.5 Å². The summed E-state index contributed by atoms with van der Waals surface area (Å²) in [7, 11) is 0. The molecule has 2 heterocycles. The minimum atomic E-state index is -0.631. The van der Waals surface area contributed by atoms with Gasteiger partial charge in [-0.2, -0.15) is 0 Å². The summed E-state index contributed by atoms with van der Waals surface area (Å²) in [5, 5.41) is 13.6. The van der Waals surface area contributed by atoms with Crippen LogP contribution in [0.25, 0.3) is 27.7 Å². The molecule has 4 aromatic rings. The number of benzene rings is 3. The van der Waals surface area contributed by atoms with Gasteiger partial charge in [-0.25, -0.2) is 5.01 Å². The minimum Gasteiger partial charge on any atom is -0.321 e. The Kier molecular flexibility index (Phi) is 6.15. The van der Waals surface area contributed by atoms with E-state index in [1.165, 1.54) is 17.1 Å². The Hall–Kier alpha value is -4.24. The van der Waals surface area contributed by atoms with Gasteiger partial charge < -0.3 is 4.98 Å². The number of non-ortho nitro benzene ring substituents is 1. The highest BCUT2D eigenvalue weighted by Crippen LogP contribution is 2.38. The molecule has 1 atom stereocenters. The van der Waals surface area contributed by atoms with Crippen molar-refractivity contribution in [2.24, 2.45) is 0 Å². The number of H-pyrrole nitrogens is 1. The molecular formula is C27H21BrN4O4. The molecule has 0 spiro atoms. The summed E-state index contributed by atoms with van der Waals surface area (Å²) in [5.74, 6) is -0.209. The zero-order valence-corrected chi connectivity index (χ0v) is 20.8. The van der Waals surface area contributed by atoms with Gasteiger partial charge in [0.05, 0.1) is 22.2 Å². The summed E-state index contributed by atoms with van der Waals surface area (Å²) in [5.41, 5.74) is 6.39. The first-order valence-electron chi connectivity index (χ1n) is 11.3. The first-order chi connectivity index (χ1) is 17.4. The molecule has 0 saturated heterocycles. The molecule has 2 N–H and O–H groups in total. The number of nitro groups is 1. The summed E-state index contributed by atoms with van der Waals surface area (Å²) in [6, 6.07) is 20.8. The van der Waals surface area contributed by atoms with Gasteiger partial charge in [-0.3, -0.25) is 25.1 Å². The monoisotopic (exact) mass is 544 g/mol. The van der Waals surface area contributed by atoms with Gasteiger partial charge in [-0.05, 0) is 35.4 Å². The molecule has 5 rings (SSSR count). The summed E-state index contributed by atoms with van der Waals surface area (Å²) in [6.45, 7) is 1.74. The van der Waals surface area contributed by atoms with Gasteiger partial charge in [-0.15, -0.1) is 0 Å². The molecule has 0 unspecified atom stereocenters. The number of nitrogens with zero attached hydrogens (tertiary/aromatic N) is 2. The van der Waals surface area contributed by atoms with Crippen molar-refractivity contribution in [3.05, 3.63) is 115 Å². The number of pyridine rings is 1. The number of hydrogen-bond acceptors (Lipinski definition) is 5. The van der Waals surface area contributed by atoms with E-state index in [9.17, 15) is 19.7 Å². The van der Waals surface area contributed by atoms with Crippen LogP contribution in [0.15, 0.2) is 88.1 Å². The van der Waals surface area contributed by atoms with E-state index in [0.717, 1.165) is 21.0 Å². The van der Waals surface area contributed by atoms with Crippen molar-refractivity contribution >= 4 is 44.1 Å². The molecule has 0 aliphatic carbocycles. The number of amides is 1. The molecule has 1 aliphatic rings. The number of fused-ring (bicyclic) bond motifs is 1. The highest BCUT2D eigenvalue weighted by Gasteiger charge is 2.33. The van der Waals surface area contributed by atoms with Crippen LogP contribution in [0.4, 0.5) is 5.69 Å². The molecule has 3 aromatic carbocycles. The predicted molar refractivity (Wildman–Crippen MR) is 142 cm³/mol. The number of hydrazine groups is 1. The largest absolute Gasteiger partial charge is 0.321 e. The standard InChI is InChI=1S/C27H21BrN4O4/c1-2-24(33)31-23(17-9-6-10-19(13-17)32(35)36)15-22(30-31)26-25(16-7-4-3-5-8-16)20-14-18(28)11-12-21(20)29-27(26)34/h3-15,23,30H,2H2,1H3,(H,29,34)/t23-/m1/s1. The summed E-state index contributed by atoms with van der Waals surface area (Å²) in [4.78, 5) is 40.2. The molecule has 8 nitrogen and oxygen atoms in total. The Balaban J connectivity index is 1.76. The molecule has 180 valence electrons. The van der Waals surface area contributed by atoms with E-state index in [1.807, 2.05) is 48.5 Å². The fourth-order valence-corrected chi connectivity index (χ4v) is 4.85. The molecule has 0 fully saturated rings. The summed E-state index contributed by atoms with van der Waals surface area (Å²) in [6.07, 6.45) is 1.99.